The van der Waals surface area contributed by atoms with E-state index < -0.39 is 0 Å². The van der Waals surface area contributed by atoms with Crippen LogP contribution in [0.2, 0.25) is 0 Å². The Morgan fingerprint density at radius 2 is 1.76 bits per heavy atom. The molecule has 0 radical (unpaired) electrons. The Balaban J connectivity index is 2.02. The van der Waals surface area contributed by atoms with Gasteiger partial charge in [-0.2, -0.15) is 4.37 Å². The van der Waals surface area contributed by atoms with E-state index in [0.717, 1.165) is 31.7 Å². The number of piperazine rings is 1. The summed E-state index contributed by atoms with van der Waals surface area (Å²) < 4.78 is 4.22. The molecule has 2 heterocycles. The van der Waals surface area contributed by atoms with E-state index in [-0.39, 0.29) is 5.54 Å². The van der Waals surface area contributed by atoms with Gasteiger partial charge in [0.1, 0.15) is 10.8 Å². The van der Waals surface area contributed by atoms with Crippen LogP contribution in [0.25, 0.3) is 0 Å². The van der Waals surface area contributed by atoms with Crippen molar-refractivity contribution in [2.75, 3.05) is 36.8 Å². The van der Waals surface area contributed by atoms with E-state index in [1.54, 1.807) is 0 Å². The number of nitrogens with two attached hydrogens (primary N) is 1. The molecule has 0 amide bonds. The maximum Gasteiger partial charge on any atom is 0.142 e. The van der Waals surface area contributed by atoms with Crippen LogP contribution < -0.4 is 10.6 Å². The molecule has 1 aromatic heterocycles. The normalized spacial score (nSPS) is 18.7. The van der Waals surface area contributed by atoms with Gasteiger partial charge in [-0.1, -0.05) is 0 Å². The van der Waals surface area contributed by atoms with E-state index in [2.05, 4.69) is 41.9 Å². The molecular weight excluding hydrogens is 232 g/mol. The number of rotatable bonds is 1. The van der Waals surface area contributed by atoms with Crippen LogP contribution in [0.1, 0.15) is 26.3 Å². The lowest BCUT2D eigenvalue weighted by molar-refractivity contribution is 0.128. The van der Waals surface area contributed by atoms with E-state index in [9.17, 15) is 0 Å². The molecule has 2 N–H and O–H groups in total. The Bertz CT molecular complexity index is 386. The monoisotopic (exact) mass is 254 g/mol. The van der Waals surface area contributed by atoms with Gasteiger partial charge in [0.2, 0.25) is 0 Å². The standard InChI is InChI=1S/C12H22N4S/c1-9-10(13)14-17-11(9)15-5-7-16(8-6-15)12(2,3)4/h5-8H2,1-4H3,(H2,13,14). The van der Waals surface area contributed by atoms with Gasteiger partial charge in [-0.15, -0.1) is 0 Å². The summed E-state index contributed by atoms with van der Waals surface area (Å²) in [5.74, 6) is 0.684. The van der Waals surface area contributed by atoms with Gasteiger partial charge < -0.3 is 10.6 Å². The lowest BCUT2D eigenvalue weighted by atomic mass is 10.1. The van der Waals surface area contributed by atoms with E-state index in [1.807, 2.05) is 0 Å². The molecule has 0 aromatic carbocycles. The van der Waals surface area contributed by atoms with Gasteiger partial charge in [-0.3, -0.25) is 4.90 Å². The van der Waals surface area contributed by atoms with Gasteiger partial charge >= 0.3 is 0 Å². The quantitative estimate of drug-likeness (QED) is 0.832. The van der Waals surface area contributed by atoms with Gasteiger partial charge in [-0.25, -0.2) is 0 Å². The summed E-state index contributed by atoms with van der Waals surface area (Å²) >= 11 is 1.52. The molecule has 1 aliphatic heterocycles. The highest BCUT2D eigenvalue weighted by Crippen LogP contribution is 2.30. The van der Waals surface area contributed by atoms with Crippen molar-refractivity contribution in [3.05, 3.63) is 5.56 Å². The van der Waals surface area contributed by atoms with Crippen LogP contribution in [0.4, 0.5) is 10.8 Å². The fourth-order valence-electron chi connectivity index (χ4n) is 2.21. The summed E-state index contributed by atoms with van der Waals surface area (Å²) in [6, 6.07) is 0. The maximum atomic E-state index is 5.81. The average molecular weight is 254 g/mol. The SMILES string of the molecule is Cc1c(N)nsc1N1CCN(C(C)(C)C)CC1. The molecule has 0 aliphatic carbocycles. The molecule has 4 nitrogen and oxygen atoms in total. The number of nitrogen functional groups attached to an aromatic ring is 1. The highest BCUT2D eigenvalue weighted by Gasteiger charge is 2.27. The first-order chi connectivity index (χ1) is 7.89. The summed E-state index contributed by atoms with van der Waals surface area (Å²) in [6.45, 7) is 13.3. The highest BCUT2D eigenvalue weighted by molar-refractivity contribution is 7.10. The Morgan fingerprint density at radius 1 is 1.18 bits per heavy atom. The van der Waals surface area contributed by atoms with Crippen molar-refractivity contribution in [2.24, 2.45) is 0 Å². The fourth-order valence-corrected chi connectivity index (χ4v) is 3.08. The molecule has 17 heavy (non-hydrogen) atoms. The zero-order chi connectivity index (χ0) is 12.6. The zero-order valence-electron chi connectivity index (χ0n) is 11.2. The molecule has 0 unspecified atom stereocenters. The van der Waals surface area contributed by atoms with E-state index in [4.69, 9.17) is 5.73 Å². The third-order valence-electron chi connectivity index (χ3n) is 3.45. The minimum absolute atomic E-state index is 0.272. The van der Waals surface area contributed by atoms with Gasteiger partial charge in [0.15, 0.2) is 0 Å². The van der Waals surface area contributed by atoms with Crippen LogP contribution in [0.5, 0.6) is 0 Å². The van der Waals surface area contributed by atoms with Crippen molar-refractivity contribution in [2.45, 2.75) is 33.2 Å². The van der Waals surface area contributed by atoms with Crippen LogP contribution in [0.3, 0.4) is 0 Å². The van der Waals surface area contributed by atoms with Gasteiger partial charge in [-0.05, 0) is 39.2 Å². The molecule has 1 aromatic rings. The topological polar surface area (TPSA) is 45.4 Å². The zero-order valence-corrected chi connectivity index (χ0v) is 12.0. The highest BCUT2D eigenvalue weighted by atomic mass is 32.1. The third-order valence-corrected chi connectivity index (χ3v) is 4.48. The Hall–Kier alpha value is -0.810. The molecule has 1 saturated heterocycles. The number of nitrogens with zero attached hydrogens (tertiary/aromatic N) is 3. The van der Waals surface area contributed by atoms with E-state index >= 15 is 0 Å². The predicted molar refractivity (Wildman–Crippen MR) is 74.8 cm³/mol. The summed E-state index contributed by atoms with van der Waals surface area (Å²) in [5, 5.41) is 1.25. The van der Waals surface area contributed by atoms with Gasteiger partial charge in [0.05, 0.1) is 0 Å². The van der Waals surface area contributed by atoms with Crippen molar-refractivity contribution in [1.82, 2.24) is 9.27 Å². The summed E-state index contributed by atoms with van der Waals surface area (Å²) in [7, 11) is 0. The number of hydrogen-bond acceptors (Lipinski definition) is 5. The maximum absolute atomic E-state index is 5.81. The first-order valence-electron chi connectivity index (χ1n) is 6.11. The predicted octanol–water partition coefficient (Wildman–Crippen LogP) is 1.95. The molecular formula is C12H22N4S. The molecule has 96 valence electrons. The largest absolute Gasteiger partial charge is 0.383 e. The smallest absolute Gasteiger partial charge is 0.142 e. The third kappa shape index (κ3) is 2.55. The first-order valence-corrected chi connectivity index (χ1v) is 6.88. The second kappa shape index (κ2) is 4.46. The van der Waals surface area contributed by atoms with Crippen LogP contribution in [0.15, 0.2) is 0 Å². The van der Waals surface area contributed by atoms with Gasteiger partial charge in [0, 0.05) is 37.3 Å². The lowest BCUT2D eigenvalue weighted by Crippen LogP contribution is -2.53. The summed E-state index contributed by atoms with van der Waals surface area (Å²) in [5.41, 5.74) is 7.22. The van der Waals surface area contributed by atoms with Crippen molar-refractivity contribution in [3.8, 4) is 0 Å². The second-order valence-electron chi connectivity index (χ2n) is 5.64. The molecule has 0 bridgehead atoms. The molecule has 5 heteroatoms. The van der Waals surface area contributed by atoms with Crippen LogP contribution >= 0.6 is 11.5 Å². The second-order valence-corrected chi connectivity index (χ2v) is 6.39. The Morgan fingerprint density at radius 3 is 2.18 bits per heavy atom. The Kier molecular flexibility index (Phi) is 3.32. The average Bonchev–Trinajstić information content (AvgIpc) is 2.59. The molecule has 0 spiro atoms. The molecule has 2 rings (SSSR count). The number of anilines is 2. The Labute approximate surface area is 108 Å². The van der Waals surface area contributed by atoms with Crippen molar-refractivity contribution < 1.29 is 0 Å². The minimum Gasteiger partial charge on any atom is -0.383 e. The lowest BCUT2D eigenvalue weighted by Gasteiger charge is -2.42. The van der Waals surface area contributed by atoms with Crippen molar-refractivity contribution in [1.29, 1.82) is 0 Å². The molecule has 0 atom stereocenters. The molecule has 1 aliphatic rings. The number of hydrogen-bond donors (Lipinski definition) is 1. The fraction of sp³-hybridized carbons (Fsp3) is 0.750. The molecule has 1 fully saturated rings. The van der Waals surface area contributed by atoms with Crippen LogP contribution in [-0.4, -0.2) is 41.0 Å². The minimum atomic E-state index is 0.272. The van der Waals surface area contributed by atoms with E-state index in [0.29, 0.717) is 5.82 Å². The summed E-state index contributed by atoms with van der Waals surface area (Å²) in [4.78, 5) is 4.94. The van der Waals surface area contributed by atoms with Crippen molar-refractivity contribution in [3.63, 3.8) is 0 Å². The summed E-state index contributed by atoms with van der Waals surface area (Å²) in [6.07, 6.45) is 0. The van der Waals surface area contributed by atoms with Gasteiger partial charge in [0.25, 0.3) is 0 Å². The molecule has 0 saturated carbocycles. The number of aromatic nitrogens is 1. The van der Waals surface area contributed by atoms with E-state index in [1.165, 1.54) is 16.5 Å². The van der Waals surface area contributed by atoms with Crippen LogP contribution in [0, 0.1) is 6.92 Å². The van der Waals surface area contributed by atoms with Crippen molar-refractivity contribution >= 4 is 22.4 Å². The van der Waals surface area contributed by atoms with Crippen LogP contribution in [-0.2, 0) is 0 Å². The first kappa shape index (κ1) is 12.6.